The van der Waals surface area contributed by atoms with Gasteiger partial charge in [-0.2, -0.15) is 0 Å². The zero-order chi connectivity index (χ0) is 16.4. The first kappa shape index (κ1) is 15.4. The molecule has 1 fully saturated rings. The number of hydrogen-bond acceptors (Lipinski definition) is 5. The van der Waals surface area contributed by atoms with E-state index in [2.05, 4.69) is 10.6 Å². The molecule has 0 bridgehead atoms. The quantitative estimate of drug-likeness (QED) is 0.509. The molecule has 1 saturated heterocycles. The van der Waals surface area contributed by atoms with Gasteiger partial charge in [0.1, 0.15) is 5.70 Å². The van der Waals surface area contributed by atoms with E-state index in [1.165, 1.54) is 18.4 Å². The third kappa shape index (κ3) is 3.30. The molecule has 0 spiro atoms. The Bertz CT molecular complexity index is 839. The van der Waals surface area contributed by atoms with Crippen LogP contribution >= 0.6 is 23.6 Å². The van der Waals surface area contributed by atoms with Crippen molar-refractivity contribution in [1.82, 2.24) is 10.6 Å². The van der Waals surface area contributed by atoms with Crippen molar-refractivity contribution in [2.45, 2.75) is 0 Å². The summed E-state index contributed by atoms with van der Waals surface area (Å²) >= 11 is 6.41. The fraction of sp³-hybridized carbons (Fsp3) is 0.0625. The average molecular weight is 344 g/mol. The molecule has 116 valence electrons. The SMILES string of the molecule is COC(=O)c1cccc(-c2ccc(/C=C3\NC(=S)NC3=O)s2)c1. The number of carbonyl (C=O) groups excluding carboxylic acids is 2. The molecule has 5 nitrogen and oxygen atoms in total. The number of benzene rings is 1. The molecule has 0 saturated carbocycles. The van der Waals surface area contributed by atoms with Gasteiger partial charge in [0, 0.05) is 9.75 Å². The fourth-order valence-electron chi connectivity index (χ4n) is 2.13. The van der Waals surface area contributed by atoms with Gasteiger partial charge in [0.05, 0.1) is 12.7 Å². The van der Waals surface area contributed by atoms with Crippen LogP contribution in [0, 0.1) is 0 Å². The summed E-state index contributed by atoms with van der Waals surface area (Å²) in [6, 6.07) is 11.1. The molecule has 1 aromatic heterocycles. The maximum absolute atomic E-state index is 11.6. The Morgan fingerprint density at radius 2 is 2.09 bits per heavy atom. The molecule has 0 radical (unpaired) electrons. The van der Waals surface area contributed by atoms with Crippen LogP contribution in [-0.4, -0.2) is 24.1 Å². The van der Waals surface area contributed by atoms with Crippen LogP contribution in [0.25, 0.3) is 16.5 Å². The maximum atomic E-state index is 11.6. The van der Waals surface area contributed by atoms with E-state index < -0.39 is 0 Å². The van der Waals surface area contributed by atoms with Gasteiger partial charge in [-0.1, -0.05) is 12.1 Å². The molecule has 1 aromatic carbocycles. The second-order valence-corrected chi connectivity index (χ2v) is 6.26. The smallest absolute Gasteiger partial charge is 0.337 e. The number of methoxy groups -OCH3 is 1. The minimum Gasteiger partial charge on any atom is -0.465 e. The predicted octanol–water partition coefficient (Wildman–Crippen LogP) is 2.55. The van der Waals surface area contributed by atoms with Gasteiger partial charge in [-0.25, -0.2) is 4.79 Å². The van der Waals surface area contributed by atoms with Gasteiger partial charge in [0.15, 0.2) is 5.11 Å². The Labute approximate surface area is 142 Å². The molecular weight excluding hydrogens is 332 g/mol. The van der Waals surface area contributed by atoms with E-state index in [0.29, 0.717) is 16.4 Å². The van der Waals surface area contributed by atoms with Crippen molar-refractivity contribution >= 4 is 46.6 Å². The van der Waals surface area contributed by atoms with Crippen molar-refractivity contribution in [2.75, 3.05) is 7.11 Å². The first-order valence-corrected chi connectivity index (χ1v) is 7.92. The van der Waals surface area contributed by atoms with Crippen molar-refractivity contribution in [3.05, 3.63) is 52.5 Å². The summed E-state index contributed by atoms with van der Waals surface area (Å²) in [7, 11) is 1.36. The molecule has 0 unspecified atom stereocenters. The fourth-order valence-corrected chi connectivity index (χ4v) is 3.28. The van der Waals surface area contributed by atoms with E-state index in [9.17, 15) is 9.59 Å². The van der Waals surface area contributed by atoms with Crippen LogP contribution in [0.5, 0.6) is 0 Å². The van der Waals surface area contributed by atoms with E-state index >= 15 is 0 Å². The van der Waals surface area contributed by atoms with Crippen LogP contribution in [0.1, 0.15) is 15.2 Å². The molecular formula is C16H12N2O3S2. The monoisotopic (exact) mass is 344 g/mol. The van der Waals surface area contributed by atoms with Crippen molar-refractivity contribution in [1.29, 1.82) is 0 Å². The predicted molar refractivity (Wildman–Crippen MR) is 92.9 cm³/mol. The van der Waals surface area contributed by atoms with E-state index in [-0.39, 0.29) is 11.9 Å². The number of amides is 1. The highest BCUT2D eigenvalue weighted by atomic mass is 32.1. The number of thiophene rings is 1. The lowest BCUT2D eigenvalue weighted by atomic mass is 10.1. The lowest BCUT2D eigenvalue weighted by molar-refractivity contribution is -0.115. The van der Waals surface area contributed by atoms with Gasteiger partial charge < -0.3 is 10.1 Å². The van der Waals surface area contributed by atoms with Crippen molar-refractivity contribution in [3.63, 3.8) is 0 Å². The summed E-state index contributed by atoms with van der Waals surface area (Å²) in [5, 5.41) is 5.64. The molecule has 2 aromatic rings. The first-order chi connectivity index (χ1) is 11.1. The number of nitrogens with one attached hydrogen (secondary N) is 2. The van der Waals surface area contributed by atoms with Gasteiger partial charge in [0.25, 0.3) is 5.91 Å². The topological polar surface area (TPSA) is 67.4 Å². The second-order valence-electron chi connectivity index (χ2n) is 4.74. The number of rotatable bonds is 3. The Morgan fingerprint density at radius 3 is 2.78 bits per heavy atom. The molecule has 1 aliphatic heterocycles. The summed E-state index contributed by atoms with van der Waals surface area (Å²) in [4.78, 5) is 25.1. The zero-order valence-corrected chi connectivity index (χ0v) is 13.7. The van der Waals surface area contributed by atoms with Crippen LogP contribution in [0.15, 0.2) is 42.1 Å². The van der Waals surface area contributed by atoms with Crippen LogP contribution < -0.4 is 10.6 Å². The van der Waals surface area contributed by atoms with Gasteiger partial charge in [-0.05, 0) is 48.1 Å². The van der Waals surface area contributed by atoms with E-state index in [4.69, 9.17) is 17.0 Å². The molecule has 2 heterocycles. The van der Waals surface area contributed by atoms with Crippen molar-refractivity contribution < 1.29 is 14.3 Å². The lowest BCUT2D eigenvalue weighted by Gasteiger charge is -2.01. The molecule has 0 aliphatic carbocycles. The molecule has 23 heavy (non-hydrogen) atoms. The highest BCUT2D eigenvalue weighted by Crippen LogP contribution is 2.30. The molecule has 3 rings (SSSR count). The number of ether oxygens (including phenoxy) is 1. The Balaban J connectivity index is 1.88. The number of esters is 1. The van der Waals surface area contributed by atoms with Gasteiger partial charge in [-0.3, -0.25) is 10.1 Å². The van der Waals surface area contributed by atoms with Crippen molar-refractivity contribution in [2.24, 2.45) is 0 Å². The zero-order valence-electron chi connectivity index (χ0n) is 12.1. The summed E-state index contributed by atoms with van der Waals surface area (Å²) in [5.41, 5.74) is 1.84. The third-order valence-corrected chi connectivity index (χ3v) is 4.49. The summed E-state index contributed by atoms with van der Waals surface area (Å²) in [6.07, 6.45) is 1.74. The van der Waals surface area contributed by atoms with Crippen LogP contribution in [0.2, 0.25) is 0 Å². The first-order valence-electron chi connectivity index (χ1n) is 6.69. The van der Waals surface area contributed by atoms with Crippen LogP contribution in [0.4, 0.5) is 0 Å². The Morgan fingerprint density at radius 1 is 1.26 bits per heavy atom. The number of thiocarbonyl (C=S) groups is 1. The molecule has 1 amide bonds. The van der Waals surface area contributed by atoms with E-state index in [1.54, 1.807) is 18.2 Å². The molecule has 2 N–H and O–H groups in total. The molecule has 0 atom stereocenters. The highest BCUT2D eigenvalue weighted by molar-refractivity contribution is 7.80. The van der Waals surface area contributed by atoms with Gasteiger partial charge >= 0.3 is 5.97 Å². The summed E-state index contributed by atoms with van der Waals surface area (Å²) in [5.74, 6) is -0.608. The third-order valence-electron chi connectivity index (χ3n) is 3.20. The van der Waals surface area contributed by atoms with Crippen molar-refractivity contribution in [3.8, 4) is 10.4 Å². The molecule has 7 heteroatoms. The van der Waals surface area contributed by atoms with E-state index in [1.807, 2.05) is 24.3 Å². The highest BCUT2D eigenvalue weighted by Gasteiger charge is 2.20. The van der Waals surface area contributed by atoms with E-state index in [0.717, 1.165) is 15.3 Å². The second kappa shape index (κ2) is 6.31. The minimum atomic E-state index is -0.369. The minimum absolute atomic E-state index is 0.238. The van der Waals surface area contributed by atoms with Gasteiger partial charge in [-0.15, -0.1) is 11.3 Å². The lowest BCUT2D eigenvalue weighted by Crippen LogP contribution is -2.21. The Kier molecular flexibility index (Phi) is 4.22. The Hall–Kier alpha value is -2.51. The average Bonchev–Trinajstić information content (AvgIpc) is 3.14. The number of carbonyl (C=O) groups is 2. The standard InChI is InChI=1S/C16H12N2O3S2/c1-21-15(20)10-4-2-3-9(7-10)13-6-5-11(23-13)8-12-14(19)18-16(22)17-12/h2-8H,1H3,(H2,17,18,19,22)/b12-8-. The largest absolute Gasteiger partial charge is 0.465 e. The molecule has 1 aliphatic rings. The number of hydrogen-bond donors (Lipinski definition) is 2. The van der Waals surface area contributed by atoms with Crippen LogP contribution in [0.3, 0.4) is 0 Å². The van der Waals surface area contributed by atoms with Gasteiger partial charge in [0.2, 0.25) is 0 Å². The van der Waals surface area contributed by atoms with Crippen LogP contribution in [-0.2, 0) is 9.53 Å². The maximum Gasteiger partial charge on any atom is 0.337 e. The normalized spacial score (nSPS) is 15.4. The summed E-state index contributed by atoms with van der Waals surface area (Å²) in [6.45, 7) is 0. The summed E-state index contributed by atoms with van der Waals surface area (Å²) < 4.78 is 4.73.